The Labute approximate surface area is 168 Å². The van der Waals surface area contributed by atoms with Crippen LogP contribution in [0.3, 0.4) is 0 Å². The number of rotatable bonds is 6. The molecule has 2 aromatic rings. The first-order valence-electron chi connectivity index (χ1n) is 9.93. The number of imidazole rings is 1. The van der Waals surface area contributed by atoms with Gasteiger partial charge in [-0.3, -0.25) is 9.59 Å². The van der Waals surface area contributed by atoms with Crippen LogP contribution in [0.15, 0.2) is 29.4 Å². The Morgan fingerprint density at radius 2 is 1.93 bits per heavy atom. The molecule has 1 saturated carbocycles. The fraction of sp³-hybridized carbons (Fsp3) is 0.550. The molecule has 0 spiro atoms. The van der Waals surface area contributed by atoms with E-state index < -0.39 is 0 Å². The Balaban J connectivity index is 1.46. The number of nitrogens with zero attached hydrogens (tertiary/aromatic N) is 3. The average molecular weight is 403 g/mol. The van der Waals surface area contributed by atoms with Crippen molar-refractivity contribution in [1.82, 2.24) is 19.8 Å². The van der Waals surface area contributed by atoms with Gasteiger partial charge in [0.2, 0.25) is 11.8 Å². The lowest BCUT2D eigenvalue weighted by atomic mass is 10.2. The molecule has 2 heterocycles. The molecule has 4 rings (SSSR count). The number of fused-ring (bicyclic) bond motifs is 1. The molecule has 1 aromatic carbocycles. The van der Waals surface area contributed by atoms with E-state index in [1.165, 1.54) is 24.6 Å². The molecular formula is C20H26N4O3S. The Bertz CT molecular complexity index is 841. The summed E-state index contributed by atoms with van der Waals surface area (Å²) in [6.07, 6.45) is 4.53. The smallest absolute Gasteiger partial charge is 0.242 e. The van der Waals surface area contributed by atoms with E-state index in [0.717, 1.165) is 23.9 Å². The maximum Gasteiger partial charge on any atom is 0.242 e. The maximum atomic E-state index is 12.8. The van der Waals surface area contributed by atoms with Crippen LogP contribution in [0.4, 0.5) is 0 Å². The van der Waals surface area contributed by atoms with Crippen molar-refractivity contribution in [3.63, 3.8) is 0 Å². The third kappa shape index (κ3) is 4.50. The van der Waals surface area contributed by atoms with Crippen LogP contribution >= 0.6 is 11.8 Å². The van der Waals surface area contributed by atoms with Crippen molar-refractivity contribution >= 4 is 34.6 Å². The van der Waals surface area contributed by atoms with Crippen LogP contribution in [0.5, 0.6) is 0 Å². The third-order valence-electron chi connectivity index (χ3n) is 5.33. The van der Waals surface area contributed by atoms with Gasteiger partial charge < -0.3 is 19.5 Å². The number of benzene rings is 1. The number of hydrogen-bond acceptors (Lipinski definition) is 5. The molecule has 0 bridgehead atoms. The lowest BCUT2D eigenvalue weighted by Crippen LogP contribution is -2.42. The Morgan fingerprint density at radius 3 is 2.71 bits per heavy atom. The van der Waals surface area contributed by atoms with Gasteiger partial charge in [0.15, 0.2) is 5.16 Å². The lowest BCUT2D eigenvalue weighted by Gasteiger charge is -2.27. The molecule has 7 nitrogen and oxygen atoms in total. The molecule has 1 aromatic heterocycles. The second-order valence-electron chi connectivity index (χ2n) is 7.30. The maximum absolute atomic E-state index is 12.8. The van der Waals surface area contributed by atoms with E-state index in [0.29, 0.717) is 43.3 Å². The van der Waals surface area contributed by atoms with Crippen LogP contribution in [0.25, 0.3) is 11.0 Å². The van der Waals surface area contributed by atoms with Crippen LogP contribution in [0.2, 0.25) is 0 Å². The topological polar surface area (TPSA) is 76.5 Å². The molecule has 2 aliphatic rings. The van der Waals surface area contributed by atoms with Crippen LogP contribution in [0.1, 0.15) is 25.7 Å². The van der Waals surface area contributed by atoms with E-state index in [4.69, 9.17) is 4.74 Å². The standard InChI is InChI=1S/C20H26N4O3S/c25-18(21-15-5-1-2-6-15)14-28-20-22-16-7-3-4-8-17(16)24(20)13-19(26)23-9-11-27-12-10-23/h3-4,7-8,15H,1-2,5-6,9-14H2,(H,21,25). The van der Waals surface area contributed by atoms with Gasteiger partial charge in [-0.1, -0.05) is 36.7 Å². The summed E-state index contributed by atoms with van der Waals surface area (Å²) in [4.78, 5) is 31.6. The number of hydrogen-bond donors (Lipinski definition) is 1. The number of thioether (sulfide) groups is 1. The highest BCUT2D eigenvalue weighted by Gasteiger charge is 2.22. The highest BCUT2D eigenvalue weighted by Crippen LogP contribution is 2.25. The average Bonchev–Trinajstić information content (AvgIpc) is 3.35. The number of aromatic nitrogens is 2. The van der Waals surface area contributed by atoms with Gasteiger partial charge in [-0.25, -0.2) is 4.98 Å². The summed E-state index contributed by atoms with van der Waals surface area (Å²) in [5.74, 6) is 0.407. The predicted molar refractivity (Wildman–Crippen MR) is 108 cm³/mol. The van der Waals surface area contributed by atoms with Crippen molar-refractivity contribution in [3.05, 3.63) is 24.3 Å². The molecular weight excluding hydrogens is 376 g/mol. The van der Waals surface area contributed by atoms with Crippen LogP contribution in [-0.4, -0.2) is 64.4 Å². The summed E-state index contributed by atoms with van der Waals surface area (Å²) < 4.78 is 7.27. The highest BCUT2D eigenvalue weighted by atomic mass is 32.2. The first kappa shape index (κ1) is 19.3. The van der Waals surface area contributed by atoms with Crippen LogP contribution < -0.4 is 5.32 Å². The molecule has 1 saturated heterocycles. The number of morpholine rings is 1. The number of nitrogens with one attached hydrogen (secondary N) is 1. The van der Waals surface area contributed by atoms with Gasteiger partial charge in [0, 0.05) is 19.1 Å². The highest BCUT2D eigenvalue weighted by molar-refractivity contribution is 7.99. The largest absolute Gasteiger partial charge is 0.378 e. The zero-order chi connectivity index (χ0) is 19.3. The number of amides is 2. The Kier molecular flexibility index (Phi) is 6.17. The predicted octanol–water partition coefficient (Wildman–Crippen LogP) is 2.05. The van der Waals surface area contributed by atoms with Crippen molar-refractivity contribution in [1.29, 1.82) is 0 Å². The number of para-hydroxylation sites is 2. The number of ether oxygens (including phenoxy) is 1. The molecule has 1 aliphatic heterocycles. The van der Waals surface area contributed by atoms with E-state index in [9.17, 15) is 9.59 Å². The SMILES string of the molecule is O=C(CSc1nc2ccccc2n1CC(=O)N1CCOCC1)NC1CCCC1. The number of carbonyl (C=O) groups excluding carboxylic acids is 2. The quantitative estimate of drug-likeness (QED) is 0.749. The van der Waals surface area contributed by atoms with Gasteiger partial charge in [0.1, 0.15) is 6.54 Å². The van der Waals surface area contributed by atoms with E-state index in [2.05, 4.69) is 10.3 Å². The van der Waals surface area contributed by atoms with Crippen LogP contribution in [0, 0.1) is 0 Å². The molecule has 0 radical (unpaired) electrons. The normalized spacial score (nSPS) is 17.9. The van der Waals surface area contributed by atoms with Gasteiger partial charge in [-0.2, -0.15) is 0 Å². The fourth-order valence-corrected chi connectivity index (χ4v) is 4.66. The molecule has 0 atom stereocenters. The van der Waals surface area contributed by atoms with Crippen molar-refractivity contribution in [2.75, 3.05) is 32.1 Å². The first-order valence-corrected chi connectivity index (χ1v) is 10.9. The molecule has 2 amide bonds. The first-order chi connectivity index (χ1) is 13.7. The molecule has 28 heavy (non-hydrogen) atoms. The summed E-state index contributed by atoms with van der Waals surface area (Å²) >= 11 is 1.40. The van der Waals surface area contributed by atoms with Crippen LogP contribution in [-0.2, 0) is 20.9 Å². The van der Waals surface area contributed by atoms with Gasteiger partial charge >= 0.3 is 0 Å². The second-order valence-corrected chi connectivity index (χ2v) is 8.24. The minimum atomic E-state index is 0.0370. The van der Waals surface area contributed by atoms with Crippen molar-refractivity contribution in [3.8, 4) is 0 Å². The van der Waals surface area contributed by atoms with Crippen molar-refractivity contribution in [2.45, 2.75) is 43.4 Å². The zero-order valence-corrected chi connectivity index (χ0v) is 16.7. The molecule has 0 unspecified atom stereocenters. The van der Waals surface area contributed by atoms with E-state index in [-0.39, 0.29) is 18.4 Å². The molecule has 1 aliphatic carbocycles. The van der Waals surface area contributed by atoms with Gasteiger partial charge in [0.05, 0.1) is 30.0 Å². The summed E-state index contributed by atoms with van der Waals surface area (Å²) in [7, 11) is 0. The summed E-state index contributed by atoms with van der Waals surface area (Å²) in [5, 5.41) is 3.82. The number of carbonyl (C=O) groups is 2. The summed E-state index contributed by atoms with van der Waals surface area (Å²) in [6.45, 7) is 2.64. The monoisotopic (exact) mass is 402 g/mol. The molecule has 150 valence electrons. The molecule has 1 N–H and O–H groups in total. The molecule has 8 heteroatoms. The fourth-order valence-electron chi connectivity index (χ4n) is 3.83. The summed E-state index contributed by atoms with van der Waals surface area (Å²) in [6, 6.07) is 8.10. The minimum absolute atomic E-state index is 0.0370. The van der Waals surface area contributed by atoms with E-state index in [1.807, 2.05) is 33.7 Å². The second kappa shape index (κ2) is 8.96. The summed E-state index contributed by atoms with van der Waals surface area (Å²) in [5.41, 5.74) is 1.76. The lowest BCUT2D eigenvalue weighted by molar-refractivity contribution is -0.135. The third-order valence-corrected chi connectivity index (χ3v) is 6.31. The van der Waals surface area contributed by atoms with Crippen molar-refractivity contribution in [2.24, 2.45) is 0 Å². The van der Waals surface area contributed by atoms with Gasteiger partial charge in [-0.15, -0.1) is 0 Å². The van der Waals surface area contributed by atoms with E-state index in [1.54, 1.807) is 0 Å². The van der Waals surface area contributed by atoms with Gasteiger partial charge in [-0.05, 0) is 25.0 Å². The Hall–Kier alpha value is -2.06. The molecule has 2 fully saturated rings. The van der Waals surface area contributed by atoms with E-state index >= 15 is 0 Å². The zero-order valence-electron chi connectivity index (χ0n) is 15.9. The minimum Gasteiger partial charge on any atom is -0.378 e. The Morgan fingerprint density at radius 1 is 1.18 bits per heavy atom. The van der Waals surface area contributed by atoms with Crippen molar-refractivity contribution < 1.29 is 14.3 Å². The van der Waals surface area contributed by atoms with Gasteiger partial charge in [0.25, 0.3) is 0 Å².